The number of hydrogen-bond donors (Lipinski definition) is 0. The van der Waals surface area contributed by atoms with Gasteiger partial charge in [-0.25, -0.2) is 4.39 Å². The van der Waals surface area contributed by atoms with E-state index in [0.717, 1.165) is 11.8 Å². The van der Waals surface area contributed by atoms with E-state index < -0.39 is 0 Å². The fourth-order valence-electron chi connectivity index (χ4n) is 3.38. The summed E-state index contributed by atoms with van der Waals surface area (Å²) in [5, 5.41) is 0. The van der Waals surface area contributed by atoms with Gasteiger partial charge >= 0.3 is 0 Å². The molecule has 1 fully saturated rings. The number of rotatable bonds is 6. The summed E-state index contributed by atoms with van der Waals surface area (Å²) in [6.07, 6.45) is 12.5. The largest absolute Gasteiger partial charge is 0.216 e. The summed E-state index contributed by atoms with van der Waals surface area (Å²) in [7, 11) is 0. The second-order valence-electron chi connectivity index (χ2n) is 6.17. The highest BCUT2D eigenvalue weighted by Crippen LogP contribution is 2.37. The maximum Gasteiger partial charge on any atom is 0.0830 e. The van der Waals surface area contributed by atoms with Crippen molar-refractivity contribution in [2.45, 2.75) is 64.2 Å². The van der Waals surface area contributed by atoms with Crippen molar-refractivity contribution in [3.05, 3.63) is 47.8 Å². The predicted octanol–water partition coefficient (Wildman–Crippen LogP) is 6.18. The Labute approximate surface area is 123 Å². The van der Waals surface area contributed by atoms with Gasteiger partial charge in [0.15, 0.2) is 0 Å². The normalized spacial score (nSPS) is 23.3. The van der Waals surface area contributed by atoms with Crippen molar-refractivity contribution in [3.63, 3.8) is 0 Å². The van der Waals surface area contributed by atoms with E-state index in [1.807, 2.05) is 0 Å². The molecule has 0 N–H and O–H groups in total. The van der Waals surface area contributed by atoms with E-state index in [2.05, 4.69) is 31.2 Å². The summed E-state index contributed by atoms with van der Waals surface area (Å²) in [5.41, 5.74) is 2.67. The molecular weight excluding hydrogens is 247 g/mol. The monoisotopic (exact) mass is 274 g/mol. The van der Waals surface area contributed by atoms with Crippen LogP contribution >= 0.6 is 0 Å². The van der Waals surface area contributed by atoms with Crippen LogP contribution in [-0.4, -0.2) is 0 Å². The number of benzene rings is 1. The molecule has 0 unspecified atom stereocenters. The summed E-state index contributed by atoms with van der Waals surface area (Å²) >= 11 is 0. The van der Waals surface area contributed by atoms with Crippen molar-refractivity contribution in [1.82, 2.24) is 0 Å². The van der Waals surface area contributed by atoms with Crippen LogP contribution in [0.25, 0.3) is 0 Å². The Hall–Kier alpha value is -1.11. The molecule has 20 heavy (non-hydrogen) atoms. The molecule has 0 saturated heterocycles. The van der Waals surface area contributed by atoms with Gasteiger partial charge in [-0.05, 0) is 55.1 Å². The van der Waals surface area contributed by atoms with E-state index in [9.17, 15) is 4.39 Å². The van der Waals surface area contributed by atoms with E-state index in [-0.39, 0.29) is 0 Å². The maximum atomic E-state index is 12.0. The molecule has 0 heterocycles. The minimum absolute atomic E-state index is 0.630. The van der Waals surface area contributed by atoms with Gasteiger partial charge < -0.3 is 0 Å². The van der Waals surface area contributed by atoms with E-state index in [4.69, 9.17) is 0 Å². The Morgan fingerprint density at radius 2 is 1.80 bits per heavy atom. The van der Waals surface area contributed by atoms with Crippen molar-refractivity contribution in [1.29, 1.82) is 0 Å². The second kappa shape index (κ2) is 8.24. The van der Waals surface area contributed by atoms with Gasteiger partial charge in [0.05, 0.1) is 6.33 Å². The predicted molar refractivity (Wildman–Crippen MR) is 84.6 cm³/mol. The van der Waals surface area contributed by atoms with E-state index in [0.29, 0.717) is 12.8 Å². The molecule has 0 aliphatic heterocycles. The molecule has 0 radical (unpaired) electrons. The third-order valence-corrected chi connectivity index (χ3v) is 4.71. The van der Waals surface area contributed by atoms with Gasteiger partial charge in [0, 0.05) is 0 Å². The van der Waals surface area contributed by atoms with Crippen LogP contribution in [0.15, 0.2) is 36.7 Å². The second-order valence-corrected chi connectivity index (χ2v) is 6.17. The van der Waals surface area contributed by atoms with Crippen molar-refractivity contribution < 1.29 is 4.39 Å². The van der Waals surface area contributed by atoms with Crippen LogP contribution in [0.1, 0.15) is 68.9 Å². The quantitative estimate of drug-likeness (QED) is 0.581. The fourth-order valence-corrected chi connectivity index (χ4v) is 3.38. The number of hydrogen-bond acceptors (Lipinski definition) is 0. The van der Waals surface area contributed by atoms with Crippen molar-refractivity contribution in [3.8, 4) is 0 Å². The molecule has 110 valence electrons. The van der Waals surface area contributed by atoms with Crippen LogP contribution in [0.2, 0.25) is 0 Å². The summed E-state index contributed by atoms with van der Waals surface area (Å²) in [6.45, 7) is 2.28. The zero-order valence-electron chi connectivity index (χ0n) is 12.7. The van der Waals surface area contributed by atoms with Crippen LogP contribution in [0.4, 0.5) is 4.39 Å². The number of unbranched alkanes of at least 4 members (excludes halogenated alkanes) is 1. The van der Waals surface area contributed by atoms with Crippen LogP contribution in [-0.2, 0) is 6.42 Å². The fraction of sp³-hybridized carbons (Fsp3) is 0.579. The molecular formula is C19H27F. The van der Waals surface area contributed by atoms with E-state index >= 15 is 0 Å². The molecule has 1 aliphatic carbocycles. The molecule has 0 atom stereocenters. The maximum absolute atomic E-state index is 12.0. The Kier molecular flexibility index (Phi) is 6.29. The molecule has 1 aliphatic rings. The van der Waals surface area contributed by atoms with Gasteiger partial charge in [0.1, 0.15) is 0 Å². The molecule has 0 amide bonds. The van der Waals surface area contributed by atoms with Crippen molar-refractivity contribution in [2.24, 2.45) is 5.92 Å². The summed E-state index contributed by atoms with van der Waals surface area (Å²) in [5.74, 6) is 1.72. The standard InChI is InChI=1S/C19H27F/c1-2-3-5-16-7-11-18(12-8-16)19-13-9-17(10-14-19)6-4-15-20/h4,9-10,13-16,18H,2-3,5-8,11-12H2,1H3/b15-4+. The lowest BCUT2D eigenvalue weighted by Gasteiger charge is -2.29. The van der Waals surface area contributed by atoms with Gasteiger partial charge in [-0.2, -0.15) is 0 Å². The smallest absolute Gasteiger partial charge is 0.0830 e. The van der Waals surface area contributed by atoms with Crippen LogP contribution in [0.3, 0.4) is 0 Å². The lowest BCUT2D eigenvalue weighted by Crippen LogP contribution is -2.13. The SMILES string of the molecule is CCCCC1CCC(c2ccc(C/C=C/F)cc2)CC1. The Morgan fingerprint density at radius 3 is 2.40 bits per heavy atom. The average Bonchev–Trinajstić information content (AvgIpc) is 2.52. The Balaban J connectivity index is 1.84. The number of allylic oxidation sites excluding steroid dienone is 1. The van der Waals surface area contributed by atoms with E-state index in [1.54, 1.807) is 6.08 Å². The highest BCUT2D eigenvalue weighted by molar-refractivity contribution is 5.27. The molecule has 1 aromatic carbocycles. The lowest BCUT2D eigenvalue weighted by molar-refractivity contribution is 0.304. The molecule has 2 rings (SSSR count). The first-order valence-corrected chi connectivity index (χ1v) is 8.17. The summed E-state index contributed by atoms with van der Waals surface area (Å²) in [4.78, 5) is 0. The first kappa shape index (κ1) is 15.3. The van der Waals surface area contributed by atoms with Gasteiger partial charge in [0.25, 0.3) is 0 Å². The molecule has 0 nitrogen and oxygen atoms in total. The highest BCUT2D eigenvalue weighted by Gasteiger charge is 2.21. The molecule has 0 bridgehead atoms. The average molecular weight is 274 g/mol. The topological polar surface area (TPSA) is 0 Å². The van der Waals surface area contributed by atoms with Crippen LogP contribution < -0.4 is 0 Å². The molecule has 1 saturated carbocycles. The summed E-state index contributed by atoms with van der Waals surface area (Å²) < 4.78 is 12.0. The van der Waals surface area contributed by atoms with Gasteiger partial charge in [-0.3, -0.25) is 0 Å². The van der Waals surface area contributed by atoms with Crippen molar-refractivity contribution >= 4 is 0 Å². The zero-order valence-corrected chi connectivity index (χ0v) is 12.7. The van der Waals surface area contributed by atoms with E-state index in [1.165, 1.54) is 56.1 Å². The highest BCUT2D eigenvalue weighted by atomic mass is 19.1. The zero-order chi connectivity index (χ0) is 14.2. The first-order valence-electron chi connectivity index (χ1n) is 8.17. The molecule has 0 aromatic heterocycles. The Morgan fingerprint density at radius 1 is 1.10 bits per heavy atom. The third kappa shape index (κ3) is 4.47. The third-order valence-electron chi connectivity index (χ3n) is 4.71. The molecule has 0 spiro atoms. The Bertz CT molecular complexity index is 396. The van der Waals surface area contributed by atoms with Crippen LogP contribution in [0, 0.1) is 5.92 Å². The van der Waals surface area contributed by atoms with Crippen LogP contribution in [0.5, 0.6) is 0 Å². The molecule has 1 heteroatoms. The minimum atomic E-state index is 0.630. The molecule has 1 aromatic rings. The lowest BCUT2D eigenvalue weighted by atomic mass is 9.77. The first-order chi connectivity index (χ1) is 9.83. The summed E-state index contributed by atoms with van der Waals surface area (Å²) in [6, 6.07) is 8.80. The van der Waals surface area contributed by atoms with Gasteiger partial charge in [-0.15, -0.1) is 0 Å². The van der Waals surface area contributed by atoms with Crippen molar-refractivity contribution in [2.75, 3.05) is 0 Å². The van der Waals surface area contributed by atoms with Gasteiger partial charge in [0.2, 0.25) is 0 Å². The number of halogens is 1. The minimum Gasteiger partial charge on any atom is -0.216 e. The van der Waals surface area contributed by atoms with Gasteiger partial charge in [-0.1, -0.05) is 56.5 Å².